The highest BCUT2D eigenvalue weighted by Crippen LogP contribution is 2.55. The molecule has 0 saturated heterocycles. The van der Waals surface area contributed by atoms with Gasteiger partial charge in [-0.25, -0.2) is 0 Å². The van der Waals surface area contributed by atoms with Crippen LogP contribution in [0.4, 0.5) is 22.7 Å². The van der Waals surface area contributed by atoms with Crippen molar-refractivity contribution in [2.24, 2.45) is 0 Å². The van der Waals surface area contributed by atoms with Crippen LogP contribution in [-0.4, -0.2) is 9.49 Å². The molecule has 5 nitrogen and oxygen atoms in total. The highest BCUT2D eigenvalue weighted by molar-refractivity contribution is 6.35. The van der Waals surface area contributed by atoms with Crippen molar-refractivity contribution < 1.29 is 4.92 Å². The zero-order chi connectivity index (χ0) is 38.6. The number of halogens is 1. The summed E-state index contributed by atoms with van der Waals surface area (Å²) in [5.74, 6) is 0. The van der Waals surface area contributed by atoms with Gasteiger partial charge in [0.15, 0.2) is 0 Å². The van der Waals surface area contributed by atoms with Gasteiger partial charge in [-0.05, 0) is 105 Å². The molecule has 2 aliphatic rings. The van der Waals surface area contributed by atoms with Gasteiger partial charge in [-0.3, -0.25) is 10.1 Å². The third-order valence-corrected chi connectivity index (χ3v) is 12.4. The topological polar surface area (TPSA) is 51.3 Å². The summed E-state index contributed by atoms with van der Waals surface area (Å²) < 4.78 is 2.40. The molecule has 1 aromatic heterocycles. The van der Waals surface area contributed by atoms with E-state index >= 15 is 0 Å². The van der Waals surface area contributed by atoms with Crippen LogP contribution in [0.15, 0.2) is 170 Å². The molecule has 0 radical (unpaired) electrons. The fourth-order valence-corrected chi connectivity index (χ4v) is 9.72. The molecule has 9 aromatic rings. The number of nitro benzene ring substituents is 1. The van der Waals surface area contributed by atoms with Gasteiger partial charge in [0.2, 0.25) is 0 Å². The first-order chi connectivity index (χ1) is 27.8. The van der Waals surface area contributed by atoms with Crippen molar-refractivity contribution in [1.29, 1.82) is 0 Å². The van der Waals surface area contributed by atoms with Crippen LogP contribution >= 0.6 is 11.6 Å². The molecule has 0 spiro atoms. The molecule has 8 aromatic carbocycles. The van der Waals surface area contributed by atoms with Crippen LogP contribution < -0.4 is 4.90 Å². The van der Waals surface area contributed by atoms with Crippen molar-refractivity contribution in [2.45, 2.75) is 19.3 Å². The number of rotatable bonds is 4. The largest absolute Gasteiger partial charge is 0.309 e. The van der Waals surface area contributed by atoms with Gasteiger partial charge in [-0.1, -0.05) is 129 Å². The smallest absolute Gasteiger partial charge is 0.293 e. The second-order valence-corrected chi connectivity index (χ2v) is 15.9. The predicted octanol–water partition coefficient (Wildman–Crippen LogP) is 14.4. The number of hydrogen-bond acceptors (Lipinski definition) is 3. The van der Waals surface area contributed by atoms with E-state index in [2.05, 4.69) is 134 Å². The molecule has 0 atom stereocenters. The van der Waals surface area contributed by atoms with E-state index in [-0.39, 0.29) is 16.0 Å². The van der Waals surface area contributed by atoms with Crippen molar-refractivity contribution in [3.05, 3.63) is 196 Å². The van der Waals surface area contributed by atoms with Gasteiger partial charge in [0.05, 0.1) is 32.4 Å². The Morgan fingerprint density at radius 1 is 0.526 bits per heavy atom. The van der Waals surface area contributed by atoms with Gasteiger partial charge in [-0.2, -0.15) is 0 Å². The fourth-order valence-electron chi connectivity index (χ4n) is 9.47. The van der Waals surface area contributed by atoms with E-state index < -0.39 is 0 Å². The Bertz CT molecular complexity index is 3160. The van der Waals surface area contributed by atoms with Crippen LogP contribution in [0, 0.1) is 10.1 Å². The molecule has 1 aliphatic heterocycles. The Morgan fingerprint density at radius 2 is 1.18 bits per heavy atom. The number of aromatic nitrogens is 1. The normalized spacial score (nSPS) is 13.4. The number of nitrogens with zero attached hydrogens (tertiary/aromatic N) is 3. The molecule has 1 aliphatic carbocycles. The Morgan fingerprint density at radius 3 is 1.98 bits per heavy atom. The maximum absolute atomic E-state index is 12.5. The molecule has 57 heavy (non-hydrogen) atoms. The average molecular weight is 756 g/mol. The van der Waals surface area contributed by atoms with Crippen LogP contribution in [0.5, 0.6) is 0 Å². The molecule has 6 heteroatoms. The molecule has 0 bridgehead atoms. The van der Waals surface area contributed by atoms with Crippen molar-refractivity contribution in [3.63, 3.8) is 0 Å². The van der Waals surface area contributed by atoms with Gasteiger partial charge in [0.25, 0.3) is 5.69 Å². The first-order valence-corrected chi connectivity index (χ1v) is 19.5. The summed E-state index contributed by atoms with van der Waals surface area (Å²) in [6, 6.07) is 58.5. The Labute approximate surface area is 334 Å². The second-order valence-electron chi connectivity index (χ2n) is 15.5. The lowest BCUT2D eigenvalue weighted by atomic mass is 9.82. The molecule has 0 unspecified atom stereocenters. The van der Waals surface area contributed by atoms with E-state index in [4.69, 9.17) is 11.6 Å². The maximum Gasteiger partial charge on any atom is 0.293 e. The Balaban J connectivity index is 1.17. The third-order valence-electron chi connectivity index (χ3n) is 12.1. The molecule has 0 amide bonds. The first-order valence-electron chi connectivity index (χ1n) is 19.1. The van der Waals surface area contributed by atoms with Crippen LogP contribution in [-0.2, 0) is 5.41 Å². The van der Waals surface area contributed by atoms with Crippen molar-refractivity contribution in [1.82, 2.24) is 4.57 Å². The number of anilines is 3. The van der Waals surface area contributed by atoms with Gasteiger partial charge in [-0.15, -0.1) is 0 Å². The zero-order valence-corrected chi connectivity index (χ0v) is 32.0. The summed E-state index contributed by atoms with van der Waals surface area (Å²) in [6.07, 6.45) is 0. The summed E-state index contributed by atoms with van der Waals surface area (Å²) in [5.41, 5.74) is 16.6. The first kappa shape index (κ1) is 33.4. The lowest BCUT2D eigenvalue weighted by molar-refractivity contribution is -0.384. The third kappa shape index (κ3) is 4.82. The number of hydrogen-bond donors (Lipinski definition) is 0. The standard InChI is InChI=1S/C51H34ClN3O2/c1-51(2)42-19-9-8-17-36(42)38-29-41-40-28-32(23-25-45(40)53(49(41)30-43(38)51)33-13-4-3-5-14-33)31-24-26-46-39(27-31)35-16-7-6-15-34(35)37-18-12-20-44(52)50(37)54(46)47-21-10-11-22-48(47)55(56)57/h3-30H,1-2H3. The van der Waals surface area contributed by atoms with Crippen molar-refractivity contribution >= 4 is 56.2 Å². The predicted molar refractivity (Wildman–Crippen MR) is 235 cm³/mol. The summed E-state index contributed by atoms with van der Waals surface area (Å²) in [4.78, 5) is 14.1. The molecular formula is C51H34ClN3O2. The van der Waals surface area contributed by atoms with Crippen LogP contribution in [0.25, 0.3) is 72.0 Å². The SMILES string of the molecule is CC1(C)c2ccccc2-c2cc3c4cc(-c5ccc6c(c5)-c5ccccc5-c5cccc(Cl)c5N6c5ccccc5[N+](=O)[O-])ccc4n(-c4ccccc4)c3cc21. The van der Waals surface area contributed by atoms with Crippen LogP contribution in [0.2, 0.25) is 5.02 Å². The monoisotopic (exact) mass is 755 g/mol. The Kier molecular flexibility index (Phi) is 7.19. The lowest BCUT2D eigenvalue weighted by Gasteiger charge is -2.28. The minimum absolute atomic E-state index is 0.00195. The van der Waals surface area contributed by atoms with E-state index in [1.807, 2.05) is 41.3 Å². The van der Waals surface area contributed by atoms with E-state index in [0.717, 1.165) is 50.3 Å². The van der Waals surface area contributed by atoms with Crippen molar-refractivity contribution in [3.8, 4) is 50.2 Å². The van der Waals surface area contributed by atoms with Gasteiger partial charge in [0.1, 0.15) is 5.69 Å². The van der Waals surface area contributed by atoms with E-state index in [1.165, 1.54) is 38.5 Å². The molecule has 11 rings (SSSR count). The minimum atomic E-state index is -0.325. The molecular weight excluding hydrogens is 722 g/mol. The quantitative estimate of drug-likeness (QED) is 0.133. The summed E-state index contributed by atoms with van der Waals surface area (Å²) in [6.45, 7) is 4.66. The highest BCUT2D eigenvalue weighted by Gasteiger charge is 2.36. The van der Waals surface area contributed by atoms with Gasteiger partial charge < -0.3 is 9.47 Å². The fraction of sp³-hybridized carbons (Fsp3) is 0.0588. The van der Waals surface area contributed by atoms with Crippen LogP contribution in [0.1, 0.15) is 25.0 Å². The highest BCUT2D eigenvalue weighted by atomic mass is 35.5. The maximum atomic E-state index is 12.5. The van der Waals surface area contributed by atoms with E-state index in [1.54, 1.807) is 18.2 Å². The van der Waals surface area contributed by atoms with Crippen molar-refractivity contribution in [2.75, 3.05) is 4.90 Å². The zero-order valence-electron chi connectivity index (χ0n) is 31.2. The molecule has 0 N–H and O–H groups in total. The second kappa shape index (κ2) is 12.3. The van der Waals surface area contributed by atoms with E-state index in [9.17, 15) is 10.1 Å². The molecule has 2 heterocycles. The van der Waals surface area contributed by atoms with Gasteiger partial charge >= 0.3 is 0 Å². The van der Waals surface area contributed by atoms with Crippen LogP contribution in [0.3, 0.4) is 0 Å². The average Bonchev–Trinajstić information content (AvgIpc) is 3.63. The number of nitro groups is 1. The number of para-hydroxylation sites is 4. The molecule has 0 fully saturated rings. The van der Waals surface area contributed by atoms with E-state index in [0.29, 0.717) is 16.4 Å². The summed E-state index contributed by atoms with van der Waals surface area (Å²) in [7, 11) is 0. The summed E-state index contributed by atoms with van der Waals surface area (Å²) >= 11 is 7.07. The number of benzene rings is 8. The molecule has 272 valence electrons. The lowest BCUT2D eigenvalue weighted by Crippen LogP contribution is -2.14. The number of fused-ring (bicyclic) bond motifs is 11. The van der Waals surface area contributed by atoms with Gasteiger partial charge in [0, 0.05) is 39.1 Å². The Hall–Kier alpha value is -6.95. The minimum Gasteiger partial charge on any atom is -0.309 e. The molecule has 0 saturated carbocycles. The summed E-state index contributed by atoms with van der Waals surface area (Å²) in [5, 5.41) is 15.4.